The minimum atomic E-state index is 0.156. The third-order valence-corrected chi connectivity index (χ3v) is 3.49. The quantitative estimate of drug-likeness (QED) is 0.885. The molecule has 2 rings (SSSR count). The molecule has 0 fully saturated rings. The maximum Gasteiger partial charge on any atom is 0.0915 e. The largest absolute Gasteiger partial charge is 0.308 e. The summed E-state index contributed by atoms with van der Waals surface area (Å²) in [6.45, 7) is 3.09. The summed E-state index contributed by atoms with van der Waals surface area (Å²) >= 11 is 7.37. The van der Waals surface area contributed by atoms with Crippen LogP contribution in [0.1, 0.15) is 30.6 Å². The highest BCUT2D eigenvalue weighted by atomic mass is 35.5. The van der Waals surface area contributed by atoms with Gasteiger partial charge < -0.3 is 5.32 Å². The van der Waals surface area contributed by atoms with E-state index in [1.54, 1.807) is 12.4 Å². The number of rotatable bonds is 6. The minimum absolute atomic E-state index is 0.156. The van der Waals surface area contributed by atoms with E-state index in [-0.39, 0.29) is 6.04 Å². The van der Waals surface area contributed by atoms with Crippen molar-refractivity contribution < 1.29 is 0 Å². The monoisotopic (exact) mass is 282 g/mol. The lowest BCUT2D eigenvalue weighted by Crippen LogP contribution is -2.24. The van der Waals surface area contributed by atoms with E-state index in [9.17, 15) is 0 Å². The number of pyridine rings is 1. The third-order valence-electron chi connectivity index (χ3n) is 2.66. The number of aromatic nitrogens is 3. The molecule has 0 aliphatic heterocycles. The summed E-state index contributed by atoms with van der Waals surface area (Å²) in [5.74, 6) is 0. The fraction of sp³-hybridized carbons (Fsp3) is 0.417. The zero-order valence-corrected chi connectivity index (χ0v) is 11.7. The highest BCUT2D eigenvalue weighted by Crippen LogP contribution is 2.22. The second-order valence-corrected chi connectivity index (χ2v) is 4.97. The smallest absolute Gasteiger partial charge is 0.0915 e. The Hall–Kier alpha value is -1.04. The Kier molecular flexibility index (Phi) is 5.04. The first-order valence-electron chi connectivity index (χ1n) is 5.90. The Bertz CT molecular complexity index is 475. The molecule has 0 spiro atoms. The van der Waals surface area contributed by atoms with Crippen LogP contribution in [0.2, 0.25) is 5.02 Å². The number of nitrogens with zero attached hydrogens (tertiary/aromatic N) is 3. The van der Waals surface area contributed by atoms with E-state index in [0.29, 0.717) is 5.02 Å². The van der Waals surface area contributed by atoms with Crippen LogP contribution in [-0.4, -0.2) is 20.3 Å². The zero-order chi connectivity index (χ0) is 12.8. The molecule has 2 aromatic rings. The number of hydrogen-bond donors (Lipinski definition) is 1. The van der Waals surface area contributed by atoms with Crippen molar-refractivity contribution in [1.29, 1.82) is 0 Å². The fourth-order valence-corrected chi connectivity index (χ4v) is 2.38. The molecule has 0 amide bonds. The van der Waals surface area contributed by atoms with Crippen LogP contribution < -0.4 is 5.32 Å². The zero-order valence-electron chi connectivity index (χ0n) is 10.1. The van der Waals surface area contributed by atoms with Crippen molar-refractivity contribution in [3.8, 4) is 0 Å². The molecule has 4 nitrogen and oxygen atoms in total. The Balaban J connectivity index is 2.13. The molecular formula is C12H15ClN4S. The van der Waals surface area contributed by atoms with Crippen molar-refractivity contribution >= 4 is 23.3 Å². The molecule has 1 N–H and O–H groups in total. The van der Waals surface area contributed by atoms with E-state index < -0.39 is 0 Å². The van der Waals surface area contributed by atoms with Crippen molar-refractivity contribution in [2.24, 2.45) is 0 Å². The van der Waals surface area contributed by atoms with Gasteiger partial charge in [-0.3, -0.25) is 4.98 Å². The molecule has 0 aliphatic carbocycles. The lowest BCUT2D eigenvalue weighted by Gasteiger charge is -2.16. The van der Waals surface area contributed by atoms with Gasteiger partial charge >= 0.3 is 0 Å². The summed E-state index contributed by atoms with van der Waals surface area (Å²) in [4.78, 5) is 4.00. The maximum absolute atomic E-state index is 6.14. The molecule has 0 aromatic carbocycles. The van der Waals surface area contributed by atoms with Crippen molar-refractivity contribution in [2.45, 2.75) is 25.8 Å². The average Bonchev–Trinajstić information content (AvgIpc) is 2.90. The van der Waals surface area contributed by atoms with E-state index in [1.807, 2.05) is 12.3 Å². The summed E-state index contributed by atoms with van der Waals surface area (Å²) in [5.41, 5.74) is 2.05. The maximum atomic E-state index is 6.14. The van der Waals surface area contributed by atoms with Crippen LogP contribution in [0.4, 0.5) is 0 Å². The second-order valence-electron chi connectivity index (χ2n) is 4.01. The molecule has 6 heteroatoms. The van der Waals surface area contributed by atoms with Gasteiger partial charge in [-0.05, 0) is 31.0 Å². The summed E-state index contributed by atoms with van der Waals surface area (Å²) in [6.07, 6.45) is 7.13. The molecule has 0 bridgehead atoms. The Labute approximate surface area is 116 Å². The van der Waals surface area contributed by atoms with E-state index in [0.717, 1.165) is 30.6 Å². The molecular weight excluding hydrogens is 268 g/mol. The predicted octanol–water partition coefficient (Wildman–Crippen LogP) is 2.87. The molecule has 0 aliphatic rings. The molecule has 1 atom stereocenters. The van der Waals surface area contributed by atoms with Gasteiger partial charge in [-0.15, -0.1) is 0 Å². The lowest BCUT2D eigenvalue weighted by atomic mass is 10.0. The van der Waals surface area contributed by atoms with Crippen LogP contribution in [0.5, 0.6) is 0 Å². The average molecular weight is 283 g/mol. The molecule has 2 heterocycles. The van der Waals surface area contributed by atoms with E-state index >= 15 is 0 Å². The van der Waals surface area contributed by atoms with Crippen molar-refractivity contribution in [2.75, 3.05) is 6.54 Å². The van der Waals surface area contributed by atoms with Gasteiger partial charge in [-0.2, -0.15) is 8.75 Å². The van der Waals surface area contributed by atoms with Crippen LogP contribution in [0.3, 0.4) is 0 Å². The first-order chi connectivity index (χ1) is 8.81. The number of nitrogens with one attached hydrogen (secondary N) is 1. The van der Waals surface area contributed by atoms with Gasteiger partial charge in [-0.1, -0.05) is 18.5 Å². The standard InChI is InChI=1S/C12H15ClN4S/c1-2-4-15-11(12-8-16-18-17-12)6-9-3-5-14-7-10(9)13/h3,5,7-8,11,15H,2,4,6H2,1H3. The van der Waals surface area contributed by atoms with Gasteiger partial charge in [0.05, 0.1) is 34.7 Å². The highest BCUT2D eigenvalue weighted by Gasteiger charge is 2.15. The van der Waals surface area contributed by atoms with Crippen LogP contribution in [0.25, 0.3) is 0 Å². The van der Waals surface area contributed by atoms with Crippen molar-refractivity contribution in [1.82, 2.24) is 19.0 Å². The fourth-order valence-electron chi connectivity index (χ4n) is 1.71. The summed E-state index contributed by atoms with van der Waals surface area (Å²) < 4.78 is 8.37. The number of hydrogen-bond acceptors (Lipinski definition) is 5. The van der Waals surface area contributed by atoms with Crippen LogP contribution in [-0.2, 0) is 6.42 Å². The SMILES string of the molecule is CCCNC(Cc1ccncc1Cl)c1cnsn1. The molecule has 1 unspecified atom stereocenters. The van der Waals surface area contributed by atoms with E-state index in [4.69, 9.17) is 11.6 Å². The van der Waals surface area contributed by atoms with Gasteiger partial charge in [0.15, 0.2) is 0 Å². The minimum Gasteiger partial charge on any atom is -0.308 e. The summed E-state index contributed by atoms with van der Waals surface area (Å²) in [7, 11) is 0. The van der Waals surface area contributed by atoms with Crippen molar-refractivity contribution in [3.05, 3.63) is 40.9 Å². The normalized spacial score (nSPS) is 12.6. The number of halogens is 1. The molecule has 96 valence electrons. The van der Waals surface area contributed by atoms with Gasteiger partial charge in [0.25, 0.3) is 0 Å². The van der Waals surface area contributed by atoms with Crippen LogP contribution in [0.15, 0.2) is 24.7 Å². The lowest BCUT2D eigenvalue weighted by molar-refractivity contribution is 0.521. The predicted molar refractivity (Wildman–Crippen MR) is 73.9 cm³/mol. The Morgan fingerprint density at radius 3 is 3.00 bits per heavy atom. The van der Waals surface area contributed by atoms with E-state index in [2.05, 4.69) is 26.0 Å². The summed E-state index contributed by atoms with van der Waals surface area (Å²) in [6, 6.07) is 2.10. The van der Waals surface area contributed by atoms with Gasteiger partial charge in [0, 0.05) is 12.4 Å². The second kappa shape index (κ2) is 6.78. The first kappa shape index (κ1) is 13.4. The van der Waals surface area contributed by atoms with Gasteiger partial charge in [-0.25, -0.2) is 0 Å². The van der Waals surface area contributed by atoms with Gasteiger partial charge in [0.2, 0.25) is 0 Å². The first-order valence-corrected chi connectivity index (χ1v) is 7.01. The summed E-state index contributed by atoms with van der Waals surface area (Å²) in [5, 5.41) is 4.17. The molecule has 0 radical (unpaired) electrons. The van der Waals surface area contributed by atoms with Crippen molar-refractivity contribution in [3.63, 3.8) is 0 Å². The van der Waals surface area contributed by atoms with E-state index in [1.165, 1.54) is 11.7 Å². The Morgan fingerprint density at radius 1 is 1.44 bits per heavy atom. The molecule has 0 saturated heterocycles. The van der Waals surface area contributed by atoms with Gasteiger partial charge in [0.1, 0.15) is 0 Å². The topological polar surface area (TPSA) is 50.7 Å². The third kappa shape index (κ3) is 3.48. The van der Waals surface area contributed by atoms with Crippen LogP contribution in [0, 0.1) is 0 Å². The van der Waals surface area contributed by atoms with Crippen LogP contribution >= 0.6 is 23.3 Å². The molecule has 0 saturated carbocycles. The molecule has 18 heavy (non-hydrogen) atoms. The molecule has 2 aromatic heterocycles. The highest BCUT2D eigenvalue weighted by molar-refractivity contribution is 6.99. The Morgan fingerprint density at radius 2 is 2.33 bits per heavy atom.